The molecule has 28 heavy (non-hydrogen) atoms. The lowest BCUT2D eigenvalue weighted by Gasteiger charge is -2.27. The normalized spacial score (nSPS) is 14.9. The van der Waals surface area contributed by atoms with E-state index in [1.54, 1.807) is 12.4 Å². The third kappa shape index (κ3) is 3.84. The lowest BCUT2D eigenvalue weighted by molar-refractivity contribution is 0.0753. The smallest absolute Gasteiger partial charge is 0.257 e. The first kappa shape index (κ1) is 18.4. The van der Waals surface area contributed by atoms with Gasteiger partial charge in [-0.3, -0.25) is 9.89 Å². The van der Waals surface area contributed by atoms with Crippen LogP contribution in [0, 0.1) is 0 Å². The van der Waals surface area contributed by atoms with Crippen LogP contribution in [0.25, 0.3) is 11.0 Å². The molecule has 1 fully saturated rings. The summed E-state index contributed by atoms with van der Waals surface area (Å²) in [5.74, 6) is -0.0310. The number of H-pyrrole nitrogens is 1. The van der Waals surface area contributed by atoms with Gasteiger partial charge in [0.25, 0.3) is 5.91 Å². The van der Waals surface area contributed by atoms with E-state index < -0.39 is 0 Å². The Morgan fingerprint density at radius 3 is 2.79 bits per heavy atom. The van der Waals surface area contributed by atoms with Gasteiger partial charge in [-0.2, -0.15) is 5.10 Å². The van der Waals surface area contributed by atoms with E-state index in [2.05, 4.69) is 20.5 Å². The van der Waals surface area contributed by atoms with E-state index in [1.165, 1.54) is 0 Å². The lowest BCUT2D eigenvalue weighted by atomic mass is 10.1. The number of benzene rings is 1. The predicted molar refractivity (Wildman–Crippen MR) is 108 cm³/mol. The summed E-state index contributed by atoms with van der Waals surface area (Å²) in [6.07, 6.45) is 5.21. The Labute approximate surface area is 164 Å². The maximum absolute atomic E-state index is 13.4. The summed E-state index contributed by atoms with van der Waals surface area (Å²) in [6, 6.07) is 10.3. The first-order valence-electron chi connectivity index (χ1n) is 9.76. The molecule has 1 saturated heterocycles. The number of hydrogen-bond acceptors (Lipinski definition) is 5. The van der Waals surface area contributed by atoms with Crippen molar-refractivity contribution >= 4 is 22.6 Å². The summed E-state index contributed by atoms with van der Waals surface area (Å²) in [5, 5.41) is 11.4. The van der Waals surface area contributed by atoms with E-state index in [9.17, 15) is 4.79 Å². The highest BCUT2D eigenvalue weighted by Gasteiger charge is 2.24. The molecule has 7 heteroatoms. The van der Waals surface area contributed by atoms with Crippen LogP contribution in [0.5, 0.6) is 0 Å². The Balaban J connectivity index is 1.65. The first-order valence-corrected chi connectivity index (χ1v) is 9.76. The number of hydrogen-bond donors (Lipinski definition) is 2. The topological polar surface area (TPSA) is 83.1 Å². The summed E-state index contributed by atoms with van der Waals surface area (Å²) in [6.45, 7) is 4.64. The maximum Gasteiger partial charge on any atom is 0.257 e. The SMILES string of the molecule is CCN(Cc1ccccc1)C(=O)c1cnc2[nH]ncc2c1NC1CCOCC1. The van der Waals surface area contributed by atoms with Crippen molar-refractivity contribution in [1.29, 1.82) is 0 Å². The Morgan fingerprint density at radius 2 is 2.04 bits per heavy atom. The van der Waals surface area contributed by atoms with Gasteiger partial charge in [0.05, 0.1) is 22.8 Å². The molecular weight excluding hydrogens is 354 g/mol. The van der Waals surface area contributed by atoms with Gasteiger partial charge in [0, 0.05) is 38.5 Å². The van der Waals surface area contributed by atoms with Crippen molar-refractivity contribution in [2.45, 2.75) is 32.4 Å². The highest BCUT2D eigenvalue weighted by molar-refractivity contribution is 6.06. The number of anilines is 1. The summed E-state index contributed by atoms with van der Waals surface area (Å²) >= 11 is 0. The zero-order valence-corrected chi connectivity index (χ0v) is 16.0. The van der Waals surface area contributed by atoms with Crippen LogP contribution in [-0.4, -0.2) is 51.8 Å². The molecular formula is C21H25N5O2. The molecule has 3 heterocycles. The first-order chi connectivity index (χ1) is 13.8. The van der Waals surface area contributed by atoms with Crippen LogP contribution in [0.15, 0.2) is 42.7 Å². The second-order valence-electron chi connectivity index (χ2n) is 7.02. The summed E-state index contributed by atoms with van der Waals surface area (Å²) < 4.78 is 5.46. The molecule has 2 N–H and O–H groups in total. The molecule has 1 aromatic carbocycles. The Hall–Kier alpha value is -2.93. The number of carbonyl (C=O) groups is 1. The number of nitrogens with one attached hydrogen (secondary N) is 2. The van der Waals surface area contributed by atoms with Crippen molar-refractivity contribution in [2.24, 2.45) is 0 Å². The van der Waals surface area contributed by atoms with Crippen LogP contribution < -0.4 is 5.32 Å². The van der Waals surface area contributed by atoms with Gasteiger partial charge in [-0.25, -0.2) is 4.98 Å². The third-order valence-corrected chi connectivity index (χ3v) is 5.17. The number of aromatic amines is 1. The molecule has 1 aliphatic heterocycles. The molecule has 1 amide bonds. The third-order valence-electron chi connectivity index (χ3n) is 5.17. The Bertz CT molecular complexity index is 934. The number of ether oxygens (including phenoxy) is 1. The van der Waals surface area contributed by atoms with Crippen molar-refractivity contribution in [1.82, 2.24) is 20.1 Å². The second-order valence-corrected chi connectivity index (χ2v) is 7.02. The molecule has 3 aromatic rings. The molecule has 2 aromatic heterocycles. The summed E-state index contributed by atoms with van der Waals surface area (Å²) in [4.78, 5) is 19.6. The van der Waals surface area contributed by atoms with E-state index >= 15 is 0 Å². The molecule has 0 atom stereocenters. The molecule has 0 radical (unpaired) electrons. The van der Waals surface area contributed by atoms with Crippen molar-refractivity contribution in [3.8, 4) is 0 Å². The van der Waals surface area contributed by atoms with Crippen LogP contribution in [-0.2, 0) is 11.3 Å². The van der Waals surface area contributed by atoms with Crippen molar-refractivity contribution < 1.29 is 9.53 Å². The van der Waals surface area contributed by atoms with Gasteiger partial charge >= 0.3 is 0 Å². The summed E-state index contributed by atoms with van der Waals surface area (Å²) in [7, 11) is 0. The number of pyridine rings is 1. The van der Waals surface area contributed by atoms with E-state index in [0.717, 1.165) is 42.7 Å². The second kappa shape index (κ2) is 8.39. The molecule has 4 rings (SSSR count). The highest BCUT2D eigenvalue weighted by Crippen LogP contribution is 2.28. The molecule has 0 aliphatic carbocycles. The van der Waals surface area contributed by atoms with Gasteiger partial charge in [-0.05, 0) is 25.3 Å². The lowest BCUT2D eigenvalue weighted by Crippen LogP contribution is -2.33. The van der Waals surface area contributed by atoms with Crippen LogP contribution in [0.2, 0.25) is 0 Å². The zero-order chi connectivity index (χ0) is 19.3. The largest absolute Gasteiger partial charge is 0.381 e. The molecule has 7 nitrogen and oxygen atoms in total. The van der Waals surface area contributed by atoms with Crippen LogP contribution >= 0.6 is 0 Å². The summed E-state index contributed by atoms with van der Waals surface area (Å²) in [5.41, 5.74) is 3.17. The average molecular weight is 379 g/mol. The molecule has 0 unspecified atom stereocenters. The van der Waals surface area contributed by atoms with Gasteiger partial charge in [0.2, 0.25) is 0 Å². The predicted octanol–water partition coefficient (Wildman–Crippen LogP) is 3.21. The monoisotopic (exact) mass is 379 g/mol. The number of nitrogens with zero attached hydrogens (tertiary/aromatic N) is 3. The number of aromatic nitrogens is 3. The number of amides is 1. The van der Waals surface area contributed by atoms with E-state index in [-0.39, 0.29) is 11.9 Å². The average Bonchev–Trinajstić information content (AvgIpc) is 3.23. The molecule has 0 bridgehead atoms. The number of fused-ring (bicyclic) bond motifs is 1. The fourth-order valence-electron chi connectivity index (χ4n) is 3.56. The quantitative estimate of drug-likeness (QED) is 0.687. The fourth-order valence-corrected chi connectivity index (χ4v) is 3.56. The molecule has 0 saturated carbocycles. The highest BCUT2D eigenvalue weighted by atomic mass is 16.5. The van der Waals surface area contributed by atoms with E-state index in [1.807, 2.05) is 42.2 Å². The fraction of sp³-hybridized carbons (Fsp3) is 0.381. The van der Waals surface area contributed by atoms with Crippen LogP contribution in [0.3, 0.4) is 0 Å². The van der Waals surface area contributed by atoms with Crippen LogP contribution in [0.1, 0.15) is 35.7 Å². The van der Waals surface area contributed by atoms with E-state index in [0.29, 0.717) is 24.3 Å². The van der Waals surface area contributed by atoms with Gasteiger partial charge < -0.3 is 15.0 Å². The molecule has 1 aliphatic rings. The minimum atomic E-state index is -0.0310. The maximum atomic E-state index is 13.4. The van der Waals surface area contributed by atoms with Crippen molar-refractivity contribution in [3.63, 3.8) is 0 Å². The molecule has 0 spiro atoms. The number of rotatable bonds is 6. The van der Waals surface area contributed by atoms with Crippen LogP contribution in [0.4, 0.5) is 5.69 Å². The van der Waals surface area contributed by atoms with Gasteiger partial charge in [-0.15, -0.1) is 0 Å². The minimum Gasteiger partial charge on any atom is -0.381 e. The zero-order valence-electron chi connectivity index (χ0n) is 16.0. The standard InChI is InChI=1S/C21H25N5O2/c1-2-26(14-15-6-4-3-5-7-15)21(27)18-12-22-20-17(13-23-25-20)19(18)24-16-8-10-28-11-9-16/h3-7,12-13,16H,2,8-11,14H2,1H3,(H2,22,23,24,25). The van der Waals surface area contributed by atoms with Gasteiger partial charge in [0.15, 0.2) is 5.65 Å². The van der Waals surface area contributed by atoms with Gasteiger partial charge in [0.1, 0.15) is 0 Å². The Morgan fingerprint density at radius 1 is 1.25 bits per heavy atom. The van der Waals surface area contributed by atoms with Crippen molar-refractivity contribution in [3.05, 3.63) is 53.9 Å². The van der Waals surface area contributed by atoms with E-state index in [4.69, 9.17) is 4.74 Å². The van der Waals surface area contributed by atoms with Gasteiger partial charge in [-0.1, -0.05) is 30.3 Å². The minimum absolute atomic E-state index is 0.0310. The molecule has 146 valence electrons. The van der Waals surface area contributed by atoms with Crippen molar-refractivity contribution in [2.75, 3.05) is 25.1 Å². The Kier molecular flexibility index (Phi) is 5.53. The number of carbonyl (C=O) groups excluding carboxylic acids is 1.